The summed E-state index contributed by atoms with van der Waals surface area (Å²) in [6.07, 6.45) is 0. The highest BCUT2D eigenvalue weighted by Gasteiger charge is 2.19. The SMILES string of the molecule is Cc1ccc2cc(-c3c4ccccc4c(-c4cccc(-c5nc6ccccc6n5-c5ccccc5)c4)c4ccccc34)ccc2c1. The Labute approximate surface area is 267 Å². The van der Waals surface area contributed by atoms with Crippen LogP contribution < -0.4 is 0 Å². The van der Waals surface area contributed by atoms with Gasteiger partial charge < -0.3 is 0 Å². The van der Waals surface area contributed by atoms with Crippen LogP contribution in [0.2, 0.25) is 0 Å². The molecule has 0 saturated carbocycles. The molecule has 0 bridgehead atoms. The van der Waals surface area contributed by atoms with Crippen molar-refractivity contribution in [3.05, 3.63) is 169 Å². The summed E-state index contributed by atoms with van der Waals surface area (Å²) in [7, 11) is 0. The highest BCUT2D eigenvalue weighted by molar-refractivity contribution is 6.21. The summed E-state index contributed by atoms with van der Waals surface area (Å²) in [5.74, 6) is 0.936. The van der Waals surface area contributed by atoms with E-state index in [1.165, 1.54) is 60.1 Å². The van der Waals surface area contributed by atoms with Gasteiger partial charge >= 0.3 is 0 Å². The number of hydrogen-bond acceptors (Lipinski definition) is 1. The van der Waals surface area contributed by atoms with Gasteiger partial charge in [-0.15, -0.1) is 0 Å². The molecule has 9 rings (SSSR count). The zero-order chi connectivity index (χ0) is 30.6. The van der Waals surface area contributed by atoms with Gasteiger partial charge in [0.2, 0.25) is 0 Å². The van der Waals surface area contributed by atoms with Crippen LogP contribution in [0.4, 0.5) is 0 Å². The molecule has 0 aliphatic rings. The molecule has 0 atom stereocenters. The van der Waals surface area contributed by atoms with Gasteiger partial charge in [-0.25, -0.2) is 4.98 Å². The number of aromatic nitrogens is 2. The molecule has 0 unspecified atom stereocenters. The molecule has 0 saturated heterocycles. The molecule has 1 aromatic heterocycles. The van der Waals surface area contributed by atoms with Crippen LogP contribution in [-0.2, 0) is 0 Å². The standard InChI is InChI=1S/C44H30N2/c1-29-22-23-31-27-33(25-24-30(31)26-29)43-38-18-7-5-16-36(38)42(37-17-6-8-19-39(37)43)32-12-11-13-34(28-32)44-45-40-20-9-10-21-41(40)46(44)35-14-3-2-4-15-35/h2-28H,1H3. The van der Waals surface area contributed by atoms with Crippen LogP contribution in [0.15, 0.2) is 164 Å². The largest absolute Gasteiger partial charge is 0.292 e. The first-order chi connectivity index (χ1) is 22.7. The molecule has 0 aliphatic carbocycles. The van der Waals surface area contributed by atoms with Crippen molar-refractivity contribution >= 4 is 43.4 Å². The van der Waals surface area contributed by atoms with Crippen LogP contribution in [0.3, 0.4) is 0 Å². The molecule has 1 heterocycles. The van der Waals surface area contributed by atoms with E-state index in [9.17, 15) is 0 Å². The van der Waals surface area contributed by atoms with E-state index in [4.69, 9.17) is 4.98 Å². The topological polar surface area (TPSA) is 17.8 Å². The van der Waals surface area contributed by atoms with Gasteiger partial charge in [-0.1, -0.05) is 133 Å². The molecule has 9 aromatic rings. The Kier molecular flexibility index (Phi) is 6.07. The Morgan fingerprint density at radius 3 is 1.72 bits per heavy atom. The van der Waals surface area contributed by atoms with Crippen molar-refractivity contribution in [2.24, 2.45) is 0 Å². The number of nitrogens with zero attached hydrogens (tertiary/aromatic N) is 2. The van der Waals surface area contributed by atoms with E-state index in [1.54, 1.807) is 0 Å². The molecule has 0 fully saturated rings. The fourth-order valence-corrected chi connectivity index (χ4v) is 7.14. The Balaban J connectivity index is 1.30. The van der Waals surface area contributed by atoms with Crippen molar-refractivity contribution in [2.45, 2.75) is 6.92 Å². The Bertz CT molecular complexity index is 2530. The number of aryl methyl sites for hydroxylation is 1. The van der Waals surface area contributed by atoms with Crippen LogP contribution in [-0.4, -0.2) is 9.55 Å². The Hall–Kier alpha value is -5.99. The summed E-state index contributed by atoms with van der Waals surface area (Å²) < 4.78 is 2.27. The number of benzene rings is 8. The van der Waals surface area contributed by atoms with Gasteiger partial charge in [0.05, 0.1) is 11.0 Å². The molecule has 0 N–H and O–H groups in total. The lowest BCUT2D eigenvalue weighted by molar-refractivity contribution is 1.10. The van der Waals surface area contributed by atoms with Gasteiger partial charge in [0.15, 0.2) is 0 Å². The maximum absolute atomic E-state index is 5.17. The van der Waals surface area contributed by atoms with Crippen molar-refractivity contribution < 1.29 is 0 Å². The van der Waals surface area contributed by atoms with Gasteiger partial charge in [-0.2, -0.15) is 0 Å². The second-order valence-corrected chi connectivity index (χ2v) is 12.1. The van der Waals surface area contributed by atoms with Crippen molar-refractivity contribution in [1.82, 2.24) is 9.55 Å². The van der Waals surface area contributed by atoms with E-state index < -0.39 is 0 Å². The molecular weight excluding hydrogens is 556 g/mol. The lowest BCUT2D eigenvalue weighted by atomic mass is 9.85. The van der Waals surface area contributed by atoms with E-state index in [2.05, 4.69) is 175 Å². The van der Waals surface area contributed by atoms with Gasteiger partial charge in [-0.3, -0.25) is 4.57 Å². The minimum absolute atomic E-state index is 0.936. The number of fused-ring (bicyclic) bond motifs is 4. The summed E-state index contributed by atoms with van der Waals surface area (Å²) in [6, 6.07) is 59.1. The molecule has 46 heavy (non-hydrogen) atoms. The van der Waals surface area contributed by atoms with Crippen molar-refractivity contribution in [1.29, 1.82) is 0 Å². The number of para-hydroxylation sites is 3. The van der Waals surface area contributed by atoms with Crippen LogP contribution in [0.5, 0.6) is 0 Å². The average molecular weight is 587 g/mol. The van der Waals surface area contributed by atoms with E-state index >= 15 is 0 Å². The monoisotopic (exact) mass is 586 g/mol. The Morgan fingerprint density at radius 1 is 0.435 bits per heavy atom. The third kappa shape index (κ3) is 4.22. The van der Waals surface area contributed by atoms with Crippen LogP contribution in [0.25, 0.3) is 82.7 Å². The highest BCUT2D eigenvalue weighted by Crippen LogP contribution is 2.44. The van der Waals surface area contributed by atoms with Gasteiger partial charge in [0.25, 0.3) is 0 Å². The van der Waals surface area contributed by atoms with Gasteiger partial charge in [0, 0.05) is 11.3 Å². The number of imidazole rings is 1. The van der Waals surface area contributed by atoms with Crippen molar-refractivity contribution in [3.8, 4) is 39.3 Å². The van der Waals surface area contributed by atoms with Gasteiger partial charge in [-0.05, 0) is 97.9 Å². The second kappa shape index (κ2) is 10.6. The second-order valence-electron chi connectivity index (χ2n) is 12.1. The van der Waals surface area contributed by atoms with E-state index in [0.29, 0.717) is 0 Å². The number of rotatable bonds is 4. The highest BCUT2D eigenvalue weighted by atomic mass is 15.1. The maximum atomic E-state index is 5.17. The zero-order valence-electron chi connectivity index (χ0n) is 25.5. The third-order valence-corrected chi connectivity index (χ3v) is 9.20. The summed E-state index contributed by atoms with van der Waals surface area (Å²) in [4.78, 5) is 5.17. The predicted octanol–water partition coefficient (Wildman–Crippen LogP) is 11.8. The fourth-order valence-electron chi connectivity index (χ4n) is 7.14. The molecule has 0 amide bonds. The quantitative estimate of drug-likeness (QED) is 0.188. The Morgan fingerprint density at radius 2 is 1.00 bits per heavy atom. The number of hydrogen-bond donors (Lipinski definition) is 0. The molecular formula is C44H30N2. The third-order valence-electron chi connectivity index (χ3n) is 9.20. The van der Waals surface area contributed by atoms with E-state index in [0.717, 1.165) is 28.1 Å². The molecule has 0 radical (unpaired) electrons. The summed E-state index contributed by atoms with van der Waals surface area (Å²) in [5.41, 5.74) is 10.5. The first-order valence-corrected chi connectivity index (χ1v) is 15.8. The van der Waals surface area contributed by atoms with Crippen molar-refractivity contribution in [2.75, 3.05) is 0 Å². The first-order valence-electron chi connectivity index (χ1n) is 15.8. The smallest absolute Gasteiger partial charge is 0.145 e. The van der Waals surface area contributed by atoms with E-state index in [1.807, 2.05) is 0 Å². The average Bonchev–Trinajstić information content (AvgIpc) is 3.51. The molecule has 0 aliphatic heterocycles. The first kappa shape index (κ1) is 26.4. The molecule has 2 heteroatoms. The summed E-state index contributed by atoms with van der Waals surface area (Å²) in [6.45, 7) is 2.15. The summed E-state index contributed by atoms with van der Waals surface area (Å²) in [5, 5.41) is 7.53. The fraction of sp³-hybridized carbons (Fsp3) is 0.0227. The maximum Gasteiger partial charge on any atom is 0.145 e. The molecule has 0 spiro atoms. The summed E-state index contributed by atoms with van der Waals surface area (Å²) >= 11 is 0. The zero-order valence-corrected chi connectivity index (χ0v) is 25.5. The normalized spacial score (nSPS) is 11.6. The van der Waals surface area contributed by atoms with Crippen LogP contribution in [0, 0.1) is 6.92 Å². The molecule has 216 valence electrons. The predicted molar refractivity (Wildman–Crippen MR) is 195 cm³/mol. The van der Waals surface area contributed by atoms with E-state index in [-0.39, 0.29) is 0 Å². The van der Waals surface area contributed by atoms with Crippen LogP contribution in [0.1, 0.15) is 5.56 Å². The minimum atomic E-state index is 0.936. The minimum Gasteiger partial charge on any atom is -0.292 e. The lowest BCUT2D eigenvalue weighted by Crippen LogP contribution is -1.97. The van der Waals surface area contributed by atoms with Crippen molar-refractivity contribution in [3.63, 3.8) is 0 Å². The molecule has 2 nitrogen and oxygen atoms in total. The lowest BCUT2D eigenvalue weighted by Gasteiger charge is -2.18. The van der Waals surface area contributed by atoms with Gasteiger partial charge in [0.1, 0.15) is 5.82 Å². The van der Waals surface area contributed by atoms with Crippen LogP contribution >= 0.6 is 0 Å². The molecule has 8 aromatic carbocycles.